The van der Waals surface area contributed by atoms with Gasteiger partial charge in [0.25, 0.3) is 0 Å². The molecule has 1 fully saturated rings. The smallest absolute Gasteiger partial charge is 0.232 e. The highest BCUT2D eigenvalue weighted by Crippen LogP contribution is 2.15. The van der Waals surface area contributed by atoms with Crippen LogP contribution in [0.25, 0.3) is 0 Å². The van der Waals surface area contributed by atoms with Gasteiger partial charge in [-0.25, -0.2) is 0 Å². The zero-order chi connectivity index (χ0) is 9.84. The second kappa shape index (κ2) is 6.53. The molecule has 2 N–H and O–H groups in total. The Bertz CT molecular complexity index is 192. The van der Waals surface area contributed by atoms with Gasteiger partial charge < -0.3 is 10.6 Å². The molecule has 0 aliphatic carbocycles. The first kappa shape index (κ1) is 14.1. The summed E-state index contributed by atoms with van der Waals surface area (Å²) in [6.07, 6.45) is 2.90. The second-order valence-corrected chi connectivity index (χ2v) is 4.57. The van der Waals surface area contributed by atoms with E-state index in [1.165, 1.54) is 0 Å². The highest BCUT2D eigenvalue weighted by molar-refractivity contribution is 7.99. The summed E-state index contributed by atoms with van der Waals surface area (Å²) in [5, 5.41) is 0. The maximum absolute atomic E-state index is 11.5. The molecule has 1 amide bonds. The van der Waals surface area contributed by atoms with E-state index in [9.17, 15) is 4.79 Å². The fourth-order valence-electron chi connectivity index (χ4n) is 1.61. The molecule has 0 spiro atoms. The molecule has 0 radical (unpaired) electrons. The van der Waals surface area contributed by atoms with Crippen molar-refractivity contribution in [3.63, 3.8) is 0 Å². The summed E-state index contributed by atoms with van der Waals surface area (Å²) >= 11 is 1.58. The molecule has 1 aliphatic rings. The number of likely N-dealkylation sites (tertiary alicyclic amines) is 1. The van der Waals surface area contributed by atoms with Gasteiger partial charge in [0, 0.05) is 19.1 Å². The van der Waals surface area contributed by atoms with Crippen LogP contribution in [0.5, 0.6) is 0 Å². The third-order valence-electron chi connectivity index (χ3n) is 2.59. The van der Waals surface area contributed by atoms with Crippen molar-refractivity contribution in [2.75, 3.05) is 25.1 Å². The lowest BCUT2D eigenvalue weighted by Gasteiger charge is -2.35. The number of rotatable bonds is 2. The number of thioether (sulfide) groups is 1. The predicted octanol–water partition coefficient (Wildman–Crippen LogP) is 0.967. The molecule has 1 aliphatic heterocycles. The van der Waals surface area contributed by atoms with Crippen molar-refractivity contribution in [3.05, 3.63) is 0 Å². The van der Waals surface area contributed by atoms with E-state index in [0.717, 1.165) is 19.5 Å². The van der Waals surface area contributed by atoms with Gasteiger partial charge in [-0.1, -0.05) is 6.92 Å². The van der Waals surface area contributed by atoms with Gasteiger partial charge in [0.1, 0.15) is 0 Å². The highest BCUT2D eigenvalue weighted by Gasteiger charge is 2.25. The standard InChI is InChI=1S/C9H18N2OS.ClH/c1-7-5-11(4-3-8(7)10)9(12)6-13-2;/h7-8H,3-6,10H2,1-2H3;1H. The van der Waals surface area contributed by atoms with E-state index in [0.29, 0.717) is 11.7 Å². The summed E-state index contributed by atoms with van der Waals surface area (Å²) in [4.78, 5) is 13.4. The van der Waals surface area contributed by atoms with E-state index < -0.39 is 0 Å². The van der Waals surface area contributed by atoms with Crippen LogP contribution in [-0.4, -0.2) is 41.9 Å². The third kappa shape index (κ3) is 3.67. The molecule has 84 valence electrons. The minimum atomic E-state index is 0. The minimum absolute atomic E-state index is 0. The Labute approximate surface area is 96.2 Å². The van der Waals surface area contributed by atoms with E-state index in [1.54, 1.807) is 11.8 Å². The van der Waals surface area contributed by atoms with Crippen molar-refractivity contribution in [1.29, 1.82) is 0 Å². The Hall–Kier alpha value is 0.0700. The van der Waals surface area contributed by atoms with E-state index >= 15 is 0 Å². The van der Waals surface area contributed by atoms with Crippen LogP contribution in [0.15, 0.2) is 0 Å². The Morgan fingerprint density at radius 2 is 2.29 bits per heavy atom. The minimum Gasteiger partial charge on any atom is -0.342 e. The molecule has 1 heterocycles. The Morgan fingerprint density at radius 1 is 1.64 bits per heavy atom. The first-order valence-electron chi connectivity index (χ1n) is 4.67. The van der Waals surface area contributed by atoms with Gasteiger partial charge >= 0.3 is 0 Å². The quantitative estimate of drug-likeness (QED) is 0.780. The molecule has 5 heteroatoms. The Balaban J connectivity index is 0.00000169. The first-order chi connectivity index (χ1) is 6.15. The van der Waals surface area contributed by atoms with Gasteiger partial charge in [0.05, 0.1) is 5.75 Å². The van der Waals surface area contributed by atoms with Crippen molar-refractivity contribution in [1.82, 2.24) is 4.90 Å². The van der Waals surface area contributed by atoms with Crippen LogP contribution < -0.4 is 5.73 Å². The average molecular weight is 239 g/mol. The second-order valence-electron chi connectivity index (χ2n) is 3.70. The van der Waals surface area contributed by atoms with Gasteiger partial charge in [0.15, 0.2) is 0 Å². The van der Waals surface area contributed by atoms with Crippen molar-refractivity contribution in [3.8, 4) is 0 Å². The molecule has 0 aromatic carbocycles. The largest absolute Gasteiger partial charge is 0.342 e. The lowest BCUT2D eigenvalue weighted by atomic mass is 9.95. The molecule has 0 saturated carbocycles. The van der Waals surface area contributed by atoms with Crippen LogP contribution in [0, 0.1) is 5.92 Å². The molecule has 1 saturated heterocycles. The number of halogens is 1. The van der Waals surface area contributed by atoms with E-state index in [1.807, 2.05) is 11.2 Å². The molecule has 0 aromatic heterocycles. The van der Waals surface area contributed by atoms with Gasteiger partial charge in [-0.3, -0.25) is 4.79 Å². The molecular weight excluding hydrogens is 220 g/mol. The fraction of sp³-hybridized carbons (Fsp3) is 0.889. The van der Waals surface area contributed by atoms with Gasteiger partial charge in [-0.15, -0.1) is 12.4 Å². The summed E-state index contributed by atoms with van der Waals surface area (Å²) in [5.41, 5.74) is 5.87. The van der Waals surface area contributed by atoms with Gasteiger partial charge in [0.2, 0.25) is 5.91 Å². The highest BCUT2D eigenvalue weighted by atomic mass is 35.5. The van der Waals surface area contributed by atoms with Crippen LogP contribution in [0.3, 0.4) is 0 Å². The van der Waals surface area contributed by atoms with Crippen molar-refractivity contribution >= 4 is 30.1 Å². The van der Waals surface area contributed by atoms with Crippen molar-refractivity contribution in [2.45, 2.75) is 19.4 Å². The first-order valence-corrected chi connectivity index (χ1v) is 6.07. The molecule has 0 bridgehead atoms. The van der Waals surface area contributed by atoms with Gasteiger partial charge in [-0.05, 0) is 18.6 Å². The molecular formula is C9H19ClN2OS. The zero-order valence-electron chi connectivity index (χ0n) is 8.73. The van der Waals surface area contributed by atoms with Crippen LogP contribution in [0.4, 0.5) is 0 Å². The van der Waals surface area contributed by atoms with Crippen molar-refractivity contribution < 1.29 is 4.79 Å². The number of carbonyl (C=O) groups is 1. The van der Waals surface area contributed by atoms with Crippen LogP contribution in [0.1, 0.15) is 13.3 Å². The molecule has 1 rings (SSSR count). The monoisotopic (exact) mass is 238 g/mol. The van der Waals surface area contributed by atoms with E-state index in [4.69, 9.17) is 5.73 Å². The van der Waals surface area contributed by atoms with E-state index in [-0.39, 0.29) is 24.4 Å². The van der Waals surface area contributed by atoms with Crippen LogP contribution in [0.2, 0.25) is 0 Å². The summed E-state index contributed by atoms with van der Waals surface area (Å²) < 4.78 is 0. The SMILES string of the molecule is CSCC(=O)N1CCC(N)C(C)C1.Cl. The number of hydrogen-bond donors (Lipinski definition) is 1. The summed E-state index contributed by atoms with van der Waals surface area (Å²) in [6, 6.07) is 0.276. The van der Waals surface area contributed by atoms with E-state index in [2.05, 4.69) is 6.92 Å². The molecule has 2 unspecified atom stereocenters. The topological polar surface area (TPSA) is 46.3 Å². The maximum atomic E-state index is 11.5. The zero-order valence-corrected chi connectivity index (χ0v) is 10.4. The number of nitrogens with two attached hydrogens (primary N) is 1. The fourth-order valence-corrected chi connectivity index (χ4v) is 2.03. The normalized spacial score (nSPS) is 26.9. The number of nitrogens with zero attached hydrogens (tertiary/aromatic N) is 1. The number of amides is 1. The summed E-state index contributed by atoms with van der Waals surface area (Å²) in [5.74, 6) is 1.30. The Kier molecular flexibility index (Phi) is 6.57. The van der Waals surface area contributed by atoms with Crippen LogP contribution in [-0.2, 0) is 4.79 Å². The average Bonchev–Trinajstić information content (AvgIpc) is 2.10. The van der Waals surface area contributed by atoms with Gasteiger partial charge in [-0.2, -0.15) is 11.8 Å². The molecule has 3 nitrogen and oxygen atoms in total. The predicted molar refractivity (Wildman–Crippen MR) is 64.0 cm³/mol. The molecule has 0 aromatic rings. The van der Waals surface area contributed by atoms with Crippen LogP contribution >= 0.6 is 24.2 Å². The number of piperidine rings is 1. The summed E-state index contributed by atoms with van der Waals surface area (Å²) in [6.45, 7) is 3.79. The third-order valence-corrected chi connectivity index (χ3v) is 3.13. The molecule has 14 heavy (non-hydrogen) atoms. The molecule has 2 atom stereocenters. The number of hydrogen-bond acceptors (Lipinski definition) is 3. The Morgan fingerprint density at radius 3 is 2.79 bits per heavy atom. The number of carbonyl (C=O) groups excluding carboxylic acids is 1. The lowest BCUT2D eigenvalue weighted by Crippen LogP contribution is -2.48. The lowest BCUT2D eigenvalue weighted by molar-refractivity contribution is -0.130. The summed E-state index contributed by atoms with van der Waals surface area (Å²) in [7, 11) is 0. The maximum Gasteiger partial charge on any atom is 0.232 e. The van der Waals surface area contributed by atoms with Crippen molar-refractivity contribution in [2.24, 2.45) is 11.7 Å².